The van der Waals surface area contributed by atoms with Gasteiger partial charge < -0.3 is 4.90 Å². The van der Waals surface area contributed by atoms with Crippen molar-refractivity contribution < 1.29 is 9.18 Å². The van der Waals surface area contributed by atoms with Crippen LogP contribution in [0.2, 0.25) is 0 Å². The van der Waals surface area contributed by atoms with Crippen LogP contribution in [0.3, 0.4) is 0 Å². The Hall–Kier alpha value is -2.16. The van der Waals surface area contributed by atoms with Crippen LogP contribution in [-0.4, -0.2) is 12.5 Å². The summed E-state index contributed by atoms with van der Waals surface area (Å²) in [6, 6.07) is 14.5. The van der Waals surface area contributed by atoms with Crippen LogP contribution >= 0.6 is 0 Å². The molecule has 0 aliphatic carbocycles. The molecule has 0 saturated carbocycles. The first-order valence-corrected chi connectivity index (χ1v) is 6.86. The van der Waals surface area contributed by atoms with Crippen molar-refractivity contribution in [1.82, 2.24) is 0 Å². The zero-order chi connectivity index (χ0) is 14.1. The highest BCUT2D eigenvalue weighted by Gasteiger charge is 2.36. The normalized spacial score (nSPS) is 17.4. The molecular weight excluding hydrogens is 253 g/mol. The van der Waals surface area contributed by atoms with Gasteiger partial charge in [0.15, 0.2) is 0 Å². The number of rotatable bonds is 3. The zero-order valence-electron chi connectivity index (χ0n) is 11.3. The highest BCUT2D eigenvalue weighted by molar-refractivity contribution is 6.05. The second-order valence-corrected chi connectivity index (χ2v) is 4.99. The van der Waals surface area contributed by atoms with Gasteiger partial charge in [-0.1, -0.05) is 36.4 Å². The highest BCUT2D eigenvalue weighted by atomic mass is 19.1. The molecule has 2 aromatic rings. The molecule has 0 bridgehead atoms. The molecule has 1 atom stereocenters. The minimum absolute atomic E-state index is 0.0666. The van der Waals surface area contributed by atoms with Crippen LogP contribution in [0.15, 0.2) is 48.5 Å². The van der Waals surface area contributed by atoms with E-state index in [4.69, 9.17) is 0 Å². The van der Waals surface area contributed by atoms with Crippen LogP contribution in [0.25, 0.3) is 0 Å². The molecule has 2 nitrogen and oxygen atoms in total. The van der Waals surface area contributed by atoms with Gasteiger partial charge in [-0.3, -0.25) is 4.79 Å². The van der Waals surface area contributed by atoms with E-state index >= 15 is 0 Å². The molecule has 1 aliphatic rings. The van der Waals surface area contributed by atoms with Gasteiger partial charge in [0.25, 0.3) is 0 Å². The maximum Gasteiger partial charge on any atom is 0.234 e. The molecule has 1 heterocycles. The van der Waals surface area contributed by atoms with Crippen molar-refractivity contribution >= 4 is 11.6 Å². The fraction of sp³-hybridized carbons (Fsp3) is 0.235. The monoisotopic (exact) mass is 269 g/mol. The fourth-order valence-corrected chi connectivity index (χ4v) is 2.88. The van der Waals surface area contributed by atoms with Crippen molar-refractivity contribution in [1.29, 1.82) is 0 Å². The predicted molar refractivity (Wildman–Crippen MR) is 77.3 cm³/mol. The topological polar surface area (TPSA) is 20.3 Å². The van der Waals surface area contributed by atoms with E-state index in [1.165, 1.54) is 6.07 Å². The lowest BCUT2D eigenvalue weighted by atomic mass is 9.93. The second-order valence-electron chi connectivity index (χ2n) is 4.99. The zero-order valence-corrected chi connectivity index (χ0v) is 11.3. The second kappa shape index (κ2) is 5.08. The number of hydrogen-bond donors (Lipinski definition) is 0. The van der Waals surface area contributed by atoms with E-state index in [0.717, 1.165) is 11.3 Å². The summed E-state index contributed by atoms with van der Waals surface area (Å²) < 4.78 is 13.8. The quantitative estimate of drug-likeness (QED) is 0.835. The Morgan fingerprint density at radius 1 is 1.10 bits per heavy atom. The number of fused-ring (bicyclic) bond motifs is 1. The number of hydrogen-bond acceptors (Lipinski definition) is 1. The maximum atomic E-state index is 13.8. The Kier molecular flexibility index (Phi) is 3.26. The minimum Gasteiger partial charge on any atom is -0.312 e. The summed E-state index contributed by atoms with van der Waals surface area (Å²) in [5.41, 5.74) is 2.56. The lowest BCUT2D eigenvalue weighted by Crippen LogP contribution is -2.29. The molecule has 0 saturated heterocycles. The molecule has 2 aromatic carbocycles. The summed E-state index contributed by atoms with van der Waals surface area (Å²) in [6.45, 7) is 2.60. The van der Waals surface area contributed by atoms with Crippen LogP contribution in [0.1, 0.15) is 24.0 Å². The van der Waals surface area contributed by atoms with Crippen molar-refractivity contribution in [3.8, 4) is 0 Å². The van der Waals surface area contributed by atoms with Gasteiger partial charge in [-0.25, -0.2) is 4.39 Å². The summed E-state index contributed by atoms with van der Waals surface area (Å²) in [7, 11) is 0. The van der Waals surface area contributed by atoms with E-state index in [-0.39, 0.29) is 17.6 Å². The molecule has 0 aromatic heterocycles. The Morgan fingerprint density at radius 3 is 2.55 bits per heavy atom. The van der Waals surface area contributed by atoms with Crippen LogP contribution in [0.5, 0.6) is 0 Å². The van der Waals surface area contributed by atoms with E-state index < -0.39 is 0 Å². The molecule has 0 radical (unpaired) electrons. The SMILES string of the molecule is CCN1C(=O)C(Cc2ccccc2F)c2ccccc21. The Balaban J connectivity index is 1.98. The molecule has 1 amide bonds. The molecule has 0 N–H and O–H groups in total. The molecule has 0 spiro atoms. The molecule has 1 aliphatic heterocycles. The number of nitrogens with zero attached hydrogens (tertiary/aromatic N) is 1. The molecule has 3 heteroatoms. The molecule has 0 fully saturated rings. The fourth-order valence-electron chi connectivity index (χ4n) is 2.88. The summed E-state index contributed by atoms with van der Waals surface area (Å²) in [4.78, 5) is 14.3. The van der Waals surface area contributed by atoms with E-state index in [9.17, 15) is 9.18 Å². The van der Waals surface area contributed by atoms with Crippen LogP contribution < -0.4 is 4.90 Å². The van der Waals surface area contributed by atoms with Gasteiger partial charge in [-0.15, -0.1) is 0 Å². The van der Waals surface area contributed by atoms with Gasteiger partial charge in [0, 0.05) is 12.2 Å². The Morgan fingerprint density at radius 2 is 1.80 bits per heavy atom. The number of carbonyl (C=O) groups is 1. The van der Waals surface area contributed by atoms with Crippen molar-refractivity contribution in [2.75, 3.05) is 11.4 Å². The van der Waals surface area contributed by atoms with E-state index in [1.807, 2.05) is 31.2 Å². The average molecular weight is 269 g/mol. The van der Waals surface area contributed by atoms with Crippen molar-refractivity contribution in [2.45, 2.75) is 19.3 Å². The maximum absolute atomic E-state index is 13.8. The highest BCUT2D eigenvalue weighted by Crippen LogP contribution is 2.38. The smallest absolute Gasteiger partial charge is 0.234 e. The van der Waals surface area contributed by atoms with Gasteiger partial charge in [0.05, 0.1) is 5.92 Å². The van der Waals surface area contributed by atoms with Crippen LogP contribution in [0.4, 0.5) is 10.1 Å². The number of para-hydroxylation sites is 1. The summed E-state index contributed by atoms with van der Waals surface area (Å²) >= 11 is 0. The molecule has 1 unspecified atom stereocenters. The van der Waals surface area contributed by atoms with Crippen LogP contribution in [-0.2, 0) is 11.2 Å². The average Bonchev–Trinajstić information content (AvgIpc) is 2.74. The summed E-state index contributed by atoms with van der Waals surface area (Å²) in [5, 5.41) is 0. The van der Waals surface area contributed by atoms with Crippen LogP contribution in [0, 0.1) is 5.82 Å². The third-order valence-electron chi connectivity index (χ3n) is 3.87. The van der Waals surface area contributed by atoms with Gasteiger partial charge in [-0.2, -0.15) is 0 Å². The van der Waals surface area contributed by atoms with Crippen molar-refractivity contribution in [3.63, 3.8) is 0 Å². The summed E-state index contributed by atoms with van der Waals surface area (Å²) in [5.74, 6) is -0.451. The van der Waals surface area contributed by atoms with Gasteiger partial charge in [0.2, 0.25) is 5.91 Å². The van der Waals surface area contributed by atoms with E-state index in [2.05, 4.69) is 0 Å². The first-order valence-electron chi connectivity index (χ1n) is 6.86. The lowest BCUT2D eigenvalue weighted by Gasteiger charge is -2.15. The van der Waals surface area contributed by atoms with Gasteiger partial charge in [-0.05, 0) is 36.6 Å². The first kappa shape index (κ1) is 12.9. The number of likely N-dealkylation sites (N-methyl/N-ethyl adjacent to an activating group) is 1. The predicted octanol–water partition coefficient (Wildman–Crippen LogP) is 3.52. The number of carbonyl (C=O) groups excluding carboxylic acids is 1. The number of benzene rings is 2. The van der Waals surface area contributed by atoms with Crippen molar-refractivity contribution in [2.24, 2.45) is 0 Å². The molecule has 20 heavy (non-hydrogen) atoms. The third-order valence-corrected chi connectivity index (χ3v) is 3.87. The Labute approximate surface area is 117 Å². The Bertz CT molecular complexity index is 653. The first-order chi connectivity index (χ1) is 9.72. The minimum atomic E-state index is -0.275. The van der Waals surface area contributed by atoms with E-state index in [1.54, 1.807) is 23.1 Å². The molecule has 3 rings (SSSR count). The number of anilines is 1. The largest absolute Gasteiger partial charge is 0.312 e. The molecule has 102 valence electrons. The van der Waals surface area contributed by atoms with Gasteiger partial charge >= 0.3 is 0 Å². The summed E-state index contributed by atoms with van der Waals surface area (Å²) in [6.07, 6.45) is 0.416. The number of amides is 1. The van der Waals surface area contributed by atoms with Gasteiger partial charge in [0.1, 0.15) is 5.82 Å². The molecular formula is C17H16FNO. The van der Waals surface area contributed by atoms with Crippen molar-refractivity contribution in [3.05, 3.63) is 65.5 Å². The van der Waals surface area contributed by atoms with E-state index in [0.29, 0.717) is 18.5 Å². The standard InChI is InChI=1S/C17H16FNO/c1-2-19-16-10-6-4-8-13(16)14(17(19)20)11-12-7-3-5-9-15(12)18/h3-10,14H,2,11H2,1H3. The third kappa shape index (κ3) is 1.99. The number of halogens is 1. The lowest BCUT2D eigenvalue weighted by molar-refractivity contribution is -0.119.